The molecule has 4 atom stereocenters. The minimum atomic E-state index is -1.14. The van der Waals surface area contributed by atoms with Crippen LogP contribution in [0.2, 0.25) is 0 Å². The van der Waals surface area contributed by atoms with E-state index in [0.717, 1.165) is 11.1 Å². The third-order valence-electron chi connectivity index (χ3n) is 5.11. The van der Waals surface area contributed by atoms with Gasteiger partial charge >= 0.3 is 0 Å². The van der Waals surface area contributed by atoms with Crippen LogP contribution in [0.3, 0.4) is 0 Å². The van der Waals surface area contributed by atoms with Crippen LogP contribution in [0.4, 0.5) is 0 Å². The molecule has 5 nitrogen and oxygen atoms in total. The van der Waals surface area contributed by atoms with Crippen molar-refractivity contribution in [1.82, 2.24) is 0 Å². The SMILES string of the molecule is CO[C@@H]1[C@H]2OC(C)(C)O[C@H]2C(O)OC1(c1ccccc1)c1ccccc1. The summed E-state index contributed by atoms with van der Waals surface area (Å²) >= 11 is 0. The standard InChI is InChI=1S/C21H24O5/c1-20(2)24-16-17(25-20)19(22)26-21(18(16)23-3,14-10-6-4-7-11-14)15-12-8-5-9-13-15/h4-13,16-19,22H,1-3H3/t16-,17+,18+,19?/m0/s1. The van der Waals surface area contributed by atoms with E-state index in [-0.39, 0.29) is 0 Å². The zero-order chi connectivity index (χ0) is 18.4. The second kappa shape index (κ2) is 6.44. The Balaban J connectivity index is 1.90. The van der Waals surface area contributed by atoms with E-state index >= 15 is 0 Å². The van der Waals surface area contributed by atoms with Crippen LogP contribution in [0.15, 0.2) is 60.7 Å². The van der Waals surface area contributed by atoms with Crippen molar-refractivity contribution >= 4 is 0 Å². The first-order chi connectivity index (χ1) is 12.5. The van der Waals surface area contributed by atoms with E-state index in [1.54, 1.807) is 7.11 Å². The maximum Gasteiger partial charge on any atom is 0.185 e. The number of aliphatic hydroxyl groups excluding tert-OH is 1. The molecule has 0 bridgehead atoms. The molecule has 0 spiro atoms. The summed E-state index contributed by atoms with van der Waals surface area (Å²) in [7, 11) is 1.64. The highest BCUT2D eigenvalue weighted by molar-refractivity contribution is 5.40. The average molecular weight is 356 g/mol. The maximum atomic E-state index is 10.8. The molecule has 2 saturated heterocycles. The third-order valence-corrected chi connectivity index (χ3v) is 5.11. The van der Waals surface area contributed by atoms with E-state index in [9.17, 15) is 5.11 Å². The Morgan fingerprint density at radius 3 is 1.81 bits per heavy atom. The summed E-state index contributed by atoms with van der Waals surface area (Å²) in [6.45, 7) is 3.66. The lowest BCUT2D eigenvalue weighted by Gasteiger charge is -2.49. The van der Waals surface area contributed by atoms with Crippen LogP contribution in [0, 0.1) is 0 Å². The number of hydrogen-bond acceptors (Lipinski definition) is 5. The maximum absolute atomic E-state index is 10.8. The Hall–Kier alpha value is -1.76. The molecule has 2 aromatic rings. The fourth-order valence-corrected chi connectivity index (χ4v) is 4.13. The number of benzene rings is 2. The average Bonchev–Trinajstić information content (AvgIpc) is 2.98. The lowest BCUT2D eigenvalue weighted by Crippen LogP contribution is -2.62. The highest BCUT2D eigenvalue weighted by Crippen LogP contribution is 2.49. The summed E-state index contributed by atoms with van der Waals surface area (Å²) < 4.78 is 24.2. The molecule has 0 aromatic heterocycles. The summed E-state index contributed by atoms with van der Waals surface area (Å²) in [6.07, 6.45) is -2.73. The van der Waals surface area contributed by atoms with E-state index in [0.29, 0.717) is 0 Å². The van der Waals surface area contributed by atoms with Crippen molar-refractivity contribution in [2.45, 2.75) is 49.8 Å². The van der Waals surface area contributed by atoms with Gasteiger partial charge < -0.3 is 24.1 Å². The number of ether oxygens (including phenoxy) is 4. The lowest BCUT2D eigenvalue weighted by atomic mass is 9.76. The van der Waals surface area contributed by atoms with Crippen molar-refractivity contribution in [3.05, 3.63) is 71.8 Å². The molecular formula is C21H24O5. The normalized spacial score (nSPS) is 32.2. The molecule has 0 radical (unpaired) electrons. The van der Waals surface area contributed by atoms with Gasteiger partial charge in [-0.1, -0.05) is 60.7 Å². The molecule has 0 aliphatic carbocycles. The Morgan fingerprint density at radius 1 is 0.808 bits per heavy atom. The Kier molecular flexibility index (Phi) is 4.37. The Labute approximate surface area is 153 Å². The molecule has 2 aliphatic heterocycles. The van der Waals surface area contributed by atoms with Gasteiger partial charge in [0.25, 0.3) is 0 Å². The van der Waals surface area contributed by atoms with Gasteiger partial charge in [-0.15, -0.1) is 0 Å². The van der Waals surface area contributed by atoms with Gasteiger partial charge in [0.1, 0.15) is 18.3 Å². The molecule has 2 aromatic carbocycles. The predicted molar refractivity (Wildman–Crippen MR) is 95.4 cm³/mol. The van der Waals surface area contributed by atoms with Crippen LogP contribution in [0.25, 0.3) is 0 Å². The third kappa shape index (κ3) is 2.68. The van der Waals surface area contributed by atoms with Gasteiger partial charge in [-0.3, -0.25) is 0 Å². The summed E-state index contributed by atoms with van der Waals surface area (Å²) in [6, 6.07) is 19.6. The van der Waals surface area contributed by atoms with E-state index in [2.05, 4.69) is 0 Å². The van der Waals surface area contributed by atoms with Crippen LogP contribution in [-0.2, 0) is 24.5 Å². The summed E-state index contributed by atoms with van der Waals surface area (Å²) in [4.78, 5) is 0. The van der Waals surface area contributed by atoms with Gasteiger partial charge in [-0.2, -0.15) is 0 Å². The van der Waals surface area contributed by atoms with Gasteiger partial charge in [0.2, 0.25) is 0 Å². The largest absolute Gasteiger partial charge is 0.375 e. The molecule has 1 N–H and O–H groups in total. The number of hydrogen-bond donors (Lipinski definition) is 1. The second-order valence-corrected chi connectivity index (χ2v) is 7.20. The van der Waals surface area contributed by atoms with Crippen LogP contribution in [0.1, 0.15) is 25.0 Å². The van der Waals surface area contributed by atoms with Crippen molar-refractivity contribution in [2.75, 3.05) is 7.11 Å². The topological polar surface area (TPSA) is 57.2 Å². The van der Waals surface area contributed by atoms with Crippen molar-refractivity contribution < 1.29 is 24.1 Å². The Bertz CT molecular complexity index is 706. The lowest BCUT2D eigenvalue weighted by molar-refractivity contribution is -0.295. The van der Waals surface area contributed by atoms with E-state index in [1.165, 1.54) is 0 Å². The Morgan fingerprint density at radius 2 is 1.31 bits per heavy atom. The molecule has 2 heterocycles. The second-order valence-electron chi connectivity index (χ2n) is 7.20. The number of aliphatic hydroxyl groups is 1. The van der Waals surface area contributed by atoms with Crippen molar-refractivity contribution in [1.29, 1.82) is 0 Å². The highest BCUT2D eigenvalue weighted by Gasteiger charge is 2.62. The van der Waals surface area contributed by atoms with Crippen LogP contribution in [0.5, 0.6) is 0 Å². The number of methoxy groups -OCH3 is 1. The van der Waals surface area contributed by atoms with Gasteiger partial charge in [-0.25, -0.2) is 0 Å². The molecule has 5 heteroatoms. The van der Waals surface area contributed by atoms with Crippen LogP contribution < -0.4 is 0 Å². The first-order valence-corrected chi connectivity index (χ1v) is 8.83. The minimum Gasteiger partial charge on any atom is -0.375 e. The zero-order valence-corrected chi connectivity index (χ0v) is 15.2. The molecule has 138 valence electrons. The summed E-state index contributed by atoms with van der Waals surface area (Å²) in [5, 5.41) is 10.8. The summed E-state index contributed by atoms with van der Waals surface area (Å²) in [5.74, 6) is -0.820. The fraction of sp³-hybridized carbons (Fsp3) is 0.429. The van der Waals surface area contributed by atoms with E-state index in [4.69, 9.17) is 18.9 Å². The van der Waals surface area contributed by atoms with E-state index in [1.807, 2.05) is 74.5 Å². The van der Waals surface area contributed by atoms with Crippen LogP contribution in [-0.4, -0.2) is 42.6 Å². The molecule has 2 aliphatic rings. The first kappa shape index (κ1) is 17.6. The van der Waals surface area contributed by atoms with Crippen molar-refractivity contribution in [3.8, 4) is 0 Å². The monoisotopic (exact) mass is 356 g/mol. The minimum absolute atomic E-state index is 0.473. The van der Waals surface area contributed by atoms with Gasteiger partial charge in [-0.05, 0) is 25.0 Å². The molecule has 1 unspecified atom stereocenters. The summed E-state index contributed by atoms with van der Waals surface area (Å²) in [5.41, 5.74) is 0.773. The molecule has 0 saturated carbocycles. The quantitative estimate of drug-likeness (QED) is 0.916. The van der Waals surface area contributed by atoms with Crippen molar-refractivity contribution in [2.24, 2.45) is 0 Å². The number of fused-ring (bicyclic) bond motifs is 1. The molecule has 0 amide bonds. The molecule has 26 heavy (non-hydrogen) atoms. The molecular weight excluding hydrogens is 332 g/mol. The molecule has 2 fully saturated rings. The van der Waals surface area contributed by atoms with Gasteiger partial charge in [0, 0.05) is 7.11 Å². The van der Waals surface area contributed by atoms with Crippen LogP contribution >= 0.6 is 0 Å². The zero-order valence-electron chi connectivity index (χ0n) is 15.2. The smallest absolute Gasteiger partial charge is 0.185 e. The predicted octanol–water partition coefficient (Wildman–Crippen LogP) is 2.81. The molecule has 4 rings (SSSR count). The first-order valence-electron chi connectivity index (χ1n) is 8.83. The fourth-order valence-electron chi connectivity index (χ4n) is 4.13. The van der Waals surface area contributed by atoms with Gasteiger partial charge in [0.05, 0.1) is 0 Å². The van der Waals surface area contributed by atoms with Crippen molar-refractivity contribution in [3.63, 3.8) is 0 Å². The highest BCUT2D eigenvalue weighted by atomic mass is 16.8. The number of rotatable bonds is 3. The van der Waals surface area contributed by atoms with Gasteiger partial charge in [0.15, 0.2) is 17.7 Å². The van der Waals surface area contributed by atoms with E-state index < -0.39 is 36.0 Å².